The van der Waals surface area contributed by atoms with Crippen molar-refractivity contribution in [1.82, 2.24) is 5.32 Å². The van der Waals surface area contributed by atoms with Crippen molar-refractivity contribution in [1.29, 1.82) is 0 Å². The predicted molar refractivity (Wildman–Crippen MR) is 98.5 cm³/mol. The van der Waals surface area contributed by atoms with Crippen molar-refractivity contribution >= 4 is 23.5 Å². The Morgan fingerprint density at radius 1 is 1.07 bits per heavy atom. The number of hydrogen-bond donors (Lipinski definition) is 3. The lowest BCUT2D eigenvalue weighted by molar-refractivity contribution is -0.120. The van der Waals surface area contributed by atoms with Crippen LogP contribution < -0.4 is 10.6 Å². The Labute approximate surface area is 156 Å². The molecule has 1 aromatic heterocycles. The van der Waals surface area contributed by atoms with Gasteiger partial charge in [-0.15, -0.1) is 0 Å². The molecule has 1 aromatic carbocycles. The minimum absolute atomic E-state index is 0.00374. The van der Waals surface area contributed by atoms with Crippen LogP contribution in [-0.2, 0) is 11.3 Å². The smallest absolute Gasteiger partial charge is 0.371 e. The summed E-state index contributed by atoms with van der Waals surface area (Å²) in [5, 5.41) is 14.4. The molecule has 27 heavy (non-hydrogen) atoms. The van der Waals surface area contributed by atoms with Crippen LogP contribution in [-0.4, -0.2) is 22.9 Å². The third kappa shape index (κ3) is 4.97. The Morgan fingerprint density at radius 2 is 1.85 bits per heavy atom. The van der Waals surface area contributed by atoms with Crippen LogP contribution in [0.4, 0.5) is 5.69 Å². The zero-order valence-corrected chi connectivity index (χ0v) is 14.9. The number of carboxylic acids is 1. The van der Waals surface area contributed by atoms with E-state index in [1.165, 1.54) is 18.6 Å². The highest BCUT2D eigenvalue weighted by molar-refractivity contribution is 5.97. The van der Waals surface area contributed by atoms with Crippen LogP contribution in [0.25, 0.3) is 0 Å². The number of nitrogens with one attached hydrogen (secondary N) is 2. The SMILES string of the molecule is O=C(NCc1ccc(C(=O)O)o1)c1cccc(NC(=O)C2CCCCC2)c1. The van der Waals surface area contributed by atoms with Gasteiger partial charge in [0.25, 0.3) is 5.91 Å². The van der Waals surface area contributed by atoms with E-state index >= 15 is 0 Å². The molecular weight excluding hydrogens is 348 g/mol. The Hall–Kier alpha value is -3.09. The fraction of sp³-hybridized carbons (Fsp3) is 0.350. The molecule has 7 heteroatoms. The van der Waals surface area contributed by atoms with Gasteiger partial charge in [0.15, 0.2) is 0 Å². The molecule has 1 fully saturated rings. The minimum Gasteiger partial charge on any atom is -0.475 e. The van der Waals surface area contributed by atoms with Gasteiger partial charge in [-0.2, -0.15) is 0 Å². The standard InChI is InChI=1S/C20H22N2O5/c23-18(21-12-16-9-10-17(27-16)20(25)26)14-7-4-8-15(11-14)22-19(24)13-5-2-1-3-6-13/h4,7-11,13H,1-3,5-6,12H2,(H,21,23)(H,22,24)(H,25,26). The van der Waals surface area contributed by atoms with E-state index < -0.39 is 5.97 Å². The van der Waals surface area contributed by atoms with Gasteiger partial charge < -0.3 is 20.2 Å². The van der Waals surface area contributed by atoms with Gasteiger partial charge in [0.05, 0.1) is 6.54 Å². The molecule has 0 unspecified atom stereocenters. The van der Waals surface area contributed by atoms with Gasteiger partial charge in [0.1, 0.15) is 5.76 Å². The monoisotopic (exact) mass is 370 g/mol. The minimum atomic E-state index is -1.16. The molecule has 142 valence electrons. The lowest BCUT2D eigenvalue weighted by Crippen LogP contribution is -2.25. The molecule has 2 aromatic rings. The average Bonchev–Trinajstić information content (AvgIpc) is 3.16. The van der Waals surface area contributed by atoms with E-state index in [0.29, 0.717) is 17.0 Å². The first kappa shape index (κ1) is 18.7. The maximum atomic E-state index is 12.3. The van der Waals surface area contributed by atoms with Crippen molar-refractivity contribution in [2.24, 2.45) is 5.92 Å². The predicted octanol–water partition coefficient (Wildman–Crippen LogP) is 3.43. The molecule has 1 aliphatic rings. The average molecular weight is 370 g/mol. The highest BCUT2D eigenvalue weighted by Crippen LogP contribution is 2.25. The molecule has 0 bridgehead atoms. The number of amides is 2. The zero-order chi connectivity index (χ0) is 19.2. The second kappa shape index (κ2) is 8.53. The van der Waals surface area contributed by atoms with Crippen LogP contribution in [0.2, 0.25) is 0 Å². The molecule has 0 atom stereocenters. The number of carboxylic acid groups (broad SMARTS) is 1. The van der Waals surface area contributed by atoms with E-state index in [4.69, 9.17) is 9.52 Å². The molecule has 3 N–H and O–H groups in total. The number of rotatable bonds is 6. The maximum absolute atomic E-state index is 12.3. The summed E-state index contributed by atoms with van der Waals surface area (Å²) in [7, 11) is 0. The van der Waals surface area contributed by atoms with Gasteiger partial charge in [-0.05, 0) is 43.2 Å². The van der Waals surface area contributed by atoms with E-state index in [1.54, 1.807) is 24.3 Å². The van der Waals surface area contributed by atoms with Crippen molar-refractivity contribution < 1.29 is 23.9 Å². The topological polar surface area (TPSA) is 109 Å². The summed E-state index contributed by atoms with van der Waals surface area (Å²) in [6.07, 6.45) is 5.16. The summed E-state index contributed by atoms with van der Waals surface area (Å²) in [6.45, 7) is 0.0742. The zero-order valence-electron chi connectivity index (χ0n) is 14.9. The number of furan rings is 1. The van der Waals surface area contributed by atoms with E-state index in [1.807, 2.05) is 0 Å². The lowest BCUT2D eigenvalue weighted by Gasteiger charge is -2.20. The Balaban J connectivity index is 1.57. The van der Waals surface area contributed by atoms with Crippen molar-refractivity contribution in [3.05, 3.63) is 53.5 Å². The maximum Gasteiger partial charge on any atom is 0.371 e. The van der Waals surface area contributed by atoms with Crippen LogP contribution in [0.3, 0.4) is 0 Å². The Morgan fingerprint density at radius 3 is 2.56 bits per heavy atom. The number of benzene rings is 1. The van der Waals surface area contributed by atoms with Crippen molar-refractivity contribution in [3.63, 3.8) is 0 Å². The van der Waals surface area contributed by atoms with Gasteiger partial charge in [-0.25, -0.2) is 4.79 Å². The molecule has 7 nitrogen and oxygen atoms in total. The van der Waals surface area contributed by atoms with Gasteiger partial charge in [0, 0.05) is 17.2 Å². The van der Waals surface area contributed by atoms with Crippen molar-refractivity contribution in [2.45, 2.75) is 38.6 Å². The first-order valence-corrected chi connectivity index (χ1v) is 9.04. The quantitative estimate of drug-likeness (QED) is 0.722. The summed E-state index contributed by atoms with van der Waals surface area (Å²) < 4.78 is 5.10. The van der Waals surface area contributed by atoms with E-state index in [0.717, 1.165) is 25.7 Å². The molecule has 1 saturated carbocycles. The summed E-state index contributed by atoms with van der Waals surface area (Å²) >= 11 is 0. The third-order valence-corrected chi connectivity index (χ3v) is 4.66. The summed E-state index contributed by atoms with van der Waals surface area (Å²) in [6, 6.07) is 9.58. The molecule has 0 radical (unpaired) electrons. The van der Waals surface area contributed by atoms with Crippen LogP contribution in [0.15, 0.2) is 40.8 Å². The highest BCUT2D eigenvalue weighted by atomic mass is 16.4. The van der Waals surface area contributed by atoms with E-state index in [9.17, 15) is 14.4 Å². The van der Waals surface area contributed by atoms with Crippen molar-refractivity contribution in [3.8, 4) is 0 Å². The summed E-state index contributed by atoms with van der Waals surface area (Å²) in [4.78, 5) is 35.5. The van der Waals surface area contributed by atoms with Crippen LogP contribution >= 0.6 is 0 Å². The fourth-order valence-electron chi connectivity index (χ4n) is 3.20. The normalized spacial score (nSPS) is 14.5. The Bertz CT molecular complexity index is 836. The number of carbonyl (C=O) groups excluding carboxylic acids is 2. The van der Waals surface area contributed by atoms with E-state index in [2.05, 4.69) is 10.6 Å². The Kier molecular flexibility index (Phi) is 5.90. The molecule has 1 heterocycles. The molecule has 0 aliphatic heterocycles. The largest absolute Gasteiger partial charge is 0.475 e. The van der Waals surface area contributed by atoms with Gasteiger partial charge in [0.2, 0.25) is 11.7 Å². The second-order valence-electron chi connectivity index (χ2n) is 6.66. The van der Waals surface area contributed by atoms with Gasteiger partial charge in [-0.3, -0.25) is 9.59 Å². The van der Waals surface area contributed by atoms with Gasteiger partial charge in [-0.1, -0.05) is 25.3 Å². The molecule has 1 aliphatic carbocycles. The first-order chi connectivity index (χ1) is 13.0. The second-order valence-corrected chi connectivity index (χ2v) is 6.66. The van der Waals surface area contributed by atoms with Crippen LogP contribution in [0.5, 0.6) is 0 Å². The molecular formula is C20H22N2O5. The fourth-order valence-corrected chi connectivity index (χ4v) is 3.20. The van der Waals surface area contributed by atoms with Crippen molar-refractivity contribution in [2.75, 3.05) is 5.32 Å². The number of hydrogen-bond acceptors (Lipinski definition) is 4. The molecule has 0 spiro atoms. The molecule has 2 amide bonds. The van der Waals surface area contributed by atoms with Crippen LogP contribution in [0.1, 0.15) is 58.8 Å². The molecule has 0 saturated heterocycles. The number of anilines is 1. The third-order valence-electron chi connectivity index (χ3n) is 4.66. The summed E-state index contributed by atoms with van der Waals surface area (Å²) in [5.74, 6) is -1.28. The van der Waals surface area contributed by atoms with Gasteiger partial charge >= 0.3 is 5.97 Å². The number of aromatic carboxylic acids is 1. The highest BCUT2D eigenvalue weighted by Gasteiger charge is 2.21. The van der Waals surface area contributed by atoms with E-state index in [-0.39, 0.29) is 30.0 Å². The first-order valence-electron chi connectivity index (χ1n) is 9.04. The lowest BCUT2D eigenvalue weighted by atomic mass is 9.88. The van der Waals surface area contributed by atoms with Crippen LogP contribution in [0, 0.1) is 5.92 Å². The molecule has 3 rings (SSSR count). The summed E-state index contributed by atoms with van der Waals surface area (Å²) in [5.41, 5.74) is 0.992. The number of carbonyl (C=O) groups is 3.